The fourth-order valence-electron chi connectivity index (χ4n) is 1.94. The molecular formula is C10H15NO2. The number of rotatable bonds is 1. The Kier molecular flexibility index (Phi) is 2.36. The molecule has 0 amide bonds. The Morgan fingerprint density at radius 2 is 2.08 bits per heavy atom. The van der Waals surface area contributed by atoms with Gasteiger partial charge in [-0.25, -0.2) is 0 Å². The van der Waals surface area contributed by atoms with E-state index in [-0.39, 0.29) is 6.10 Å². The average Bonchev–Trinajstić information content (AvgIpc) is 2.53. The topological polar surface area (TPSA) is 46.3 Å². The summed E-state index contributed by atoms with van der Waals surface area (Å²) in [5.74, 6) is 1.47. The third-order valence-electron chi connectivity index (χ3n) is 2.75. The highest BCUT2D eigenvalue weighted by Crippen LogP contribution is 2.32. The number of aliphatic hydroxyl groups excluding tert-OH is 1. The van der Waals surface area contributed by atoms with E-state index in [1.165, 1.54) is 0 Å². The van der Waals surface area contributed by atoms with Crippen molar-refractivity contribution in [1.29, 1.82) is 0 Å². The van der Waals surface area contributed by atoms with Crippen LogP contribution in [0.1, 0.15) is 43.1 Å². The van der Waals surface area contributed by atoms with Crippen molar-refractivity contribution in [2.24, 2.45) is 0 Å². The molecule has 0 saturated heterocycles. The van der Waals surface area contributed by atoms with Crippen LogP contribution in [0.25, 0.3) is 0 Å². The monoisotopic (exact) mass is 181 g/mol. The van der Waals surface area contributed by atoms with Crippen molar-refractivity contribution in [3.63, 3.8) is 0 Å². The second kappa shape index (κ2) is 3.50. The number of hydrogen-bond donors (Lipinski definition) is 1. The van der Waals surface area contributed by atoms with Gasteiger partial charge >= 0.3 is 0 Å². The molecule has 1 aliphatic carbocycles. The van der Waals surface area contributed by atoms with E-state index in [2.05, 4.69) is 5.16 Å². The van der Waals surface area contributed by atoms with E-state index in [0.29, 0.717) is 5.92 Å². The van der Waals surface area contributed by atoms with Crippen molar-refractivity contribution >= 4 is 0 Å². The predicted octanol–water partition coefficient (Wildman–Crippen LogP) is 2.00. The minimum atomic E-state index is -0.0970. The fraction of sp³-hybridized carbons (Fsp3) is 0.700. The van der Waals surface area contributed by atoms with Gasteiger partial charge in [-0.1, -0.05) is 5.16 Å². The molecule has 1 N–H and O–H groups in total. The molecule has 3 nitrogen and oxygen atoms in total. The Labute approximate surface area is 77.7 Å². The summed E-state index contributed by atoms with van der Waals surface area (Å²) in [6, 6.07) is 2.00. The van der Waals surface area contributed by atoms with Gasteiger partial charge in [0, 0.05) is 12.0 Å². The van der Waals surface area contributed by atoms with Crippen molar-refractivity contribution in [2.45, 2.75) is 44.6 Å². The Bertz CT molecular complexity index is 274. The van der Waals surface area contributed by atoms with Crippen LogP contribution in [0.3, 0.4) is 0 Å². The van der Waals surface area contributed by atoms with Gasteiger partial charge in [-0.3, -0.25) is 0 Å². The third-order valence-corrected chi connectivity index (χ3v) is 2.75. The SMILES string of the molecule is Cc1cc(C2CCC(O)CC2)on1. The maximum absolute atomic E-state index is 9.33. The van der Waals surface area contributed by atoms with Crippen molar-refractivity contribution in [2.75, 3.05) is 0 Å². The molecule has 0 aromatic carbocycles. The first-order valence-electron chi connectivity index (χ1n) is 4.87. The largest absolute Gasteiger partial charge is 0.393 e. The molecule has 0 atom stereocenters. The summed E-state index contributed by atoms with van der Waals surface area (Å²) in [7, 11) is 0. The van der Waals surface area contributed by atoms with E-state index in [0.717, 1.165) is 37.1 Å². The highest BCUT2D eigenvalue weighted by Gasteiger charge is 2.23. The fourth-order valence-corrected chi connectivity index (χ4v) is 1.94. The molecule has 0 radical (unpaired) electrons. The van der Waals surface area contributed by atoms with E-state index in [9.17, 15) is 5.11 Å². The number of aryl methyl sites for hydroxylation is 1. The lowest BCUT2D eigenvalue weighted by Crippen LogP contribution is -2.16. The van der Waals surface area contributed by atoms with Crippen molar-refractivity contribution < 1.29 is 9.63 Å². The van der Waals surface area contributed by atoms with E-state index in [4.69, 9.17) is 4.52 Å². The van der Waals surface area contributed by atoms with Gasteiger partial charge in [0.25, 0.3) is 0 Å². The van der Waals surface area contributed by atoms with Gasteiger partial charge in [-0.05, 0) is 32.6 Å². The smallest absolute Gasteiger partial charge is 0.140 e. The van der Waals surface area contributed by atoms with E-state index >= 15 is 0 Å². The number of nitrogens with zero attached hydrogens (tertiary/aromatic N) is 1. The highest BCUT2D eigenvalue weighted by molar-refractivity contribution is 5.09. The van der Waals surface area contributed by atoms with E-state index in [1.807, 2.05) is 13.0 Å². The normalized spacial score (nSPS) is 29.1. The standard InChI is InChI=1S/C10H15NO2/c1-7-6-10(13-11-7)8-2-4-9(12)5-3-8/h6,8-9,12H,2-5H2,1H3. The highest BCUT2D eigenvalue weighted by atomic mass is 16.5. The quantitative estimate of drug-likeness (QED) is 0.720. The molecule has 1 aliphatic rings. The molecule has 1 heterocycles. The Hall–Kier alpha value is -0.830. The summed E-state index contributed by atoms with van der Waals surface area (Å²) in [5.41, 5.74) is 0.945. The van der Waals surface area contributed by atoms with E-state index in [1.54, 1.807) is 0 Å². The Balaban J connectivity index is 2.02. The number of aliphatic hydroxyl groups is 1. The molecule has 1 aromatic heterocycles. The molecule has 0 spiro atoms. The van der Waals surface area contributed by atoms with Gasteiger partial charge < -0.3 is 9.63 Å². The zero-order valence-electron chi connectivity index (χ0n) is 7.86. The molecule has 0 bridgehead atoms. The zero-order valence-corrected chi connectivity index (χ0v) is 7.86. The van der Waals surface area contributed by atoms with Crippen molar-refractivity contribution in [3.05, 3.63) is 17.5 Å². The number of aromatic nitrogens is 1. The van der Waals surface area contributed by atoms with Crippen molar-refractivity contribution in [3.8, 4) is 0 Å². The first-order valence-corrected chi connectivity index (χ1v) is 4.87. The van der Waals surface area contributed by atoms with Gasteiger partial charge in [0.1, 0.15) is 5.76 Å². The molecule has 0 unspecified atom stereocenters. The maximum atomic E-state index is 9.33. The molecule has 1 aromatic rings. The molecular weight excluding hydrogens is 166 g/mol. The van der Waals surface area contributed by atoms with Gasteiger partial charge in [0.05, 0.1) is 11.8 Å². The average molecular weight is 181 g/mol. The zero-order chi connectivity index (χ0) is 9.26. The third kappa shape index (κ3) is 1.91. The lowest BCUT2D eigenvalue weighted by Gasteiger charge is -2.22. The van der Waals surface area contributed by atoms with Gasteiger partial charge in [-0.2, -0.15) is 0 Å². The first kappa shape index (κ1) is 8.75. The summed E-state index contributed by atoms with van der Waals surface area (Å²) in [6.45, 7) is 1.94. The van der Waals surface area contributed by atoms with E-state index < -0.39 is 0 Å². The van der Waals surface area contributed by atoms with Gasteiger partial charge in [0.2, 0.25) is 0 Å². The molecule has 72 valence electrons. The van der Waals surface area contributed by atoms with Crippen LogP contribution in [0.4, 0.5) is 0 Å². The molecule has 0 aliphatic heterocycles. The summed E-state index contributed by atoms with van der Waals surface area (Å²) in [4.78, 5) is 0. The summed E-state index contributed by atoms with van der Waals surface area (Å²) < 4.78 is 5.21. The Morgan fingerprint density at radius 1 is 1.38 bits per heavy atom. The summed E-state index contributed by atoms with van der Waals surface area (Å²) in [5, 5.41) is 13.2. The minimum Gasteiger partial charge on any atom is -0.393 e. The van der Waals surface area contributed by atoms with Crippen LogP contribution in [0, 0.1) is 6.92 Å². The molecule has 1 saturated carbocycles. The van der Waals surface area contributed by atoms with Crippen LogP contribution in [-0.4, -0.2) is 16.4 Å². The summed E-state index contributed by atoms with van der Waals surface area (Å²) >= 11 is 0. The second-order valence-electron chi connectivity index (χ2n) is 3.88. The Morgan fingerprint density at radius 3 is 2.62 bits per heavy atom. The first-order chi connectivity index (χ1) is 6.25. The van der Waals surface area contributed by atoms with Crippen LogP contribution in [0.5, 0.6) is 0 Å². The van der Waals surface area contributed by atoms with Crippen LogP contribution in [-0.2, 0) is 0 Å². The van der Waals surface area contributed by atoms with Crippen LogP contribution in [0.2, 0.25) is 0 Å². The second-order valence-corrected chi connectivity index (χ2v) is 3.88. The summed E-state index contributed by atoms with van der Waals surface area (Å²) in [6.07, 6.45) is 3.74. The van der Waals surface area contributed by atoms with Crippen LogP contribution in [0.15, 0.2) is 10.6 Å². The van der Waals surface area contributed by atoms with Gasteiger partial charge in [0.15, 0.2) is 0 Å². The molecule has 13 heavy (non-hydrogen) atoms. The van der Waals surface area contributed by atoms with Crippen LogP contribution >= 0.6 is 0 Å². The number of hydrogen-bond acceptors (Lipinski definition) is 3. The maximum Gasteiger partial charge on any atom is 0.140 e. The lowest BCUT2D eigenvalue weighted by molar-refractivity contribution is 0.117. The molecule has 3 heteroatoms. The van der Waals surface area contributed by atoms with Gasteiger partial charge in [-0.15, -0.1) is 0 Å². The molecule has 2 rings (SSSR count). The van der Waals surface area contributed by atoms with Crippen LogP contribution < -0.4 is 0 Å². The van der Waals surface area contributed by atoms with Crippen molar-refractivity contribution in [1.82, 2.24) is 5.16 Å². The predicted molar refractivity (Wildman–Crippen MR) is 48.5 cm³/mol. The molecule has 1 fully saturated rings. The lowest BCUT2D eigenvalue weighted by atomic mass is 9.86. The minimum absolute atomic E-state index is 0.0970.